The molecule has 2 heterocycles. The molecule has 1 aromatic heterocycles. The number of carbonyl (C=O) groups excluding carboxylic acids is 1. The zero-order valence-corrected chi connectivity index (χ0v) is 17.7. The summed E-state index contributed by atoms with van der Waals surface area (Å²) in [6, 6.07) is 16.4. The molecule has 0 unspecified atom stereocenters. The topological polar surface area (TPSA) is 113 Å². The summed E-state index contributed by atoms with van der Waals surface area (Å²) >= 11 is 0. The van der Waals surface area contributed by atoms with Crippen LogP contribution in [0.25, 0.3) is 0 Å². The van der Waals surface area contributed by atoms with Crippen molar-refractivity contribution in [3.05, 3.63) is 98.8 Å². The summed E-state index contributed by atoms with van der Waals surface area (Å²) in [7, 11) is 0. The molecular weight excluding hydrogens is 410 g/mol. The van der Waals surface area contributed by atoms with Gasteiger partial charge in [0.25, 0.3) is 5.56 Å². The Labute approximate surface area is 183 Å². The molecule has 0 bridgehead atoms. The Kier molecular flexibility index (Phi) is 5.68. The van der Waals surface area contributed by atoms with Crippen LogP contribution in [0.15, 0.2) is 76.5 Å². The molecule has 0 amide bonds. The quantitative estimate of drug-likeness (QED) is 0.531. The molecular formula is C24H23N3O5. The first-order valence-corrected chi connectivity index (χ1v) is 10.2. The average molecular weight is 433 g/mol. The van der Waals surface area contributed by atoms with Crippen molar-refractivity contribution >= 4 is 11.8 Å². The number of H-pyrrole nitrogens is 2. The maximum Gasteiger partial charge on any atom is 0.327 e. The number of esters is 1. The van der Waals surface area contributed by atoms with Gasteiger partial charge in [-0.25, -0.2) is 4.79 Å². The minimum atomic E-state index is -0.885. The number of benzene rings is 2. The number of fused-ring (bicyclic) bond motifs is 1. The highest BCUT2D eigenvalue weighted by Gasteiger charge is 2.42. The number of hydrogen-bond acceptors (Lipinski definition) is 6. The van der Waals surface area contributed by atoms with Gasteiger partial charge >= 0.3 is 11.7 Å². The lowest BCUT2D eigenvalue weighted by atomic mass is 9.77. The Bertz CT molecular complexity index is 1280. The van der Waals surface area contributed by atoms with Gasteiger partial charge in [0.15, 0.2) is 0 Å². The highest BCUT2D eigenvalue weighted by atomic mass is 16.5. The number of nitrogens with one attached hydrogen (secondary N) is 3. The van der Waals surface area contributed by atoms with Crippen LogP contribution in [0, 0.1) is 5.92 Å². The third-order valence-corrected chi connectivity index (χ3v) is 5.09. The molecule has 1 aliphatic rings. The summed E-state index contributed by atoms with van der Waals surface area (Å²) in [4.78, 5) is 42.5. The second kappa shape index (κ2) is 8.58. The van der Waals surface area contributed by atoms with Crippen LogP contribution < -0.4 is 21.3 Å². The monoisotopic (exact) mass is 433 g/mol. The van der Waals surface area contributed by atoms with Gasteiger partial charge < -0.3 is 14.8 Å². The van der Waals surface area contributed by atoms with Crippen molar-refractivity contribution in [3.8, 4) is 11.5 Å². The molecule has 1 aliphatic heterocycles. The number of rotatable bonds is 5. The Hall–Kier alpha value is -4.07. The molecule has 0 spiro atoms. The fourth-order valence-corrected chi connectivity index (χ4v) is 3.84. The Morgan fingerprint density at radius 2 is 1.72 bits per heavy atom. The summed E-state index contributed by atoms with van der Waals surface area (Å²) < 4.78 is 11.4. The predicted molar refractivity (Wildman–Crippen MR) is 120 cm³/mol. The largest absolute Gasteiger partial charge is 0.462 e. The van der Waals surface area contributed by atoms with E-state index in [-0.39, 0.29) is 17.5 Å². The van der Waals surface area contributed by atoms with E-state index in [1.165, 1.54) is 0 Å². The number of carbonyl (C=O) groups is 1. The number of ether oxygens (including phenoxy) is 2. The van der Waals surface area contributed by atoms with Crippen LogP contribution >= 0.6 is 0 Å². The zero-order valence-electron chi connectivity index (χ0n) is 17.7. The smallest absolute Gasteiger partial charge is 0.327 e. The molecule has 2 atom stereocenters. The third kappa shape index (κ3) is 4.20. The predicted octanol–water partition coefficient (Wildman–Crippen LogP) is 3.49. The van der Waals surface area contributed by atoms with E-state index in [1.54, 1.807) is 38.1 Å². The summed E-state index contributed by atoms with van der Waals surface area (Å²) in [6.45, 7) is 7.47. The molecule has 3 N–H and O–H groups in total. The maximum absolute atomic E-state index is 13.0. The minimum Gasteiger partial charge on any atom is -0.462 e. The van der Waals surface area contributed by atoms with Crippen LogP contribution in [-0.2, 0) is 9.53 Å². The van der Waals surface area contributed by atoms with E-state index in [2.05, 4.69) is 21.9 Å². The van der Waals surface area contributed by atoms with Crippen LogP contribution in [0.4, 0.5) is 5.82 Å². The van der Waals surface area contributed by atoms with E-state index >= 15 is 0 Å². The lowest BCUT2D eigenvalue weighted by Crippen LogP contribution is -2.40. The highest BCUT2D eigenvalue weighted by molar-refractivity contribution is 5.81. The van der Waals surface area contributed by atoms with Gasteiger partial charge in [0.05, 0.1) is 11.7 Å². The average Bonchev–Trinajstić information content (AvgIpc) is 2.73. The van der Waals surface area contributed by atoms with Crippen LogP contribution in [0.3, 0.4) is 0 Å². The van der Waals surface area contributed by atoms with Crippen molar-refractivity contribution in [2.24, 2.45) is 5.92 Å². The maximum atomic E-state index is 13.0. The third-order valence-electron chi connectivity index (χ3n) is 5.09. The fraction of sp³-hybridized carbons (Fsp3) is 0.208. The van der Waals surface area contributed by atoms with Crippen LogP contribution in [0.1, 0.15) is 30.9 Å². The number of aromatic nitrogens is 2. The van der Waals surface area contributed by atoms with E-state index in [4.69, 9.17) is 9.47 Å². The van der Waals surface area contributed by atoms with Gasteiger partial charge in [-0.3, -0.25) is 19.6 Å². The van der Waals surface area contributed by atoms with E-state index in [0.717, 1.165) is 0 Å². The zero-order chi connectivity index (χ0) is 22.8. The number of anilines is 1. The SMILES string of the molecule is C=C1Nc2[nH]c(=O)[nH]c(=O)c2[C@@H](c2cccc(Oc3ccccc3)c2)[C@@H]1C(=O)OC(C)C. The summed E-state index contributed by atoms with van der Waals surface area (Å²) in [6.07, 6.45) is -0.348. The first-order valence-electron chi connectivity index (χ1n) is 10.2. The van der Waals surface area contributed by atoms with Gasteiger partial charge in [-0.15, -0.1) is 0 Å². The van der Waals surface area contributed by atoms with Crippen LogP contribution in [0.5, 0.6) is 11.5 Å². The second-order valence-electron chi connectivity index (χ2n) is 7.78. The molecule has 8 nitrogen and oxygen atoms in total. The van der Waals surface area contributed by atoms with Crippen molar-refractivity contribution in [1.29, 1.82) is 0 Å². The first-order chi connectivity index (χ1) is 15.3. The lowest BCUT2D eigenvalue weighted by Gasteiger charge is -2.34. The number of aromatic amines is 2. The van der Waals surface area contributed by atoms with Gasteiger partial charge in [-0.05, 0) is 43.7 Å². The van der Waals surface area contributed by atoms with E-state index in [9.17, 15) is 14.4 Å². The standard InChI is InChI=1S/C24H23N3O5/c1-13(2)31-23(29)18-14(3)25-21-20(22(28)27-24(30)26-21)19(18)15-8-7-11-17(12-15)32-16-9-5-4-6-10-16/h4-13,18-19H,3H2,1-2H3,(H3,25,26,27,28,30)/t18-,19+/m1/s1. The number of hydrogen-bond donors (Lipinski definition) is 3. The van der Waals surface area contributed by atoms with Crippen molar-refractivity contribution in [3.63, 3.8) is 0 Å². The fourth-order valence-electron chi connectivity index (χ4n) is 3.84. The lowest BCUT2D eigenvalue weighted by molar-refractivity contribution is -0.151. The van der Waals surface area contributed by atoms with Gasteiger partial charge in [-0.2, -0.15) is 0 Å². The summed E-state index contributed by atoms with van der Waals surface area (Å²) in [5.41, 5.74) is -0.0587. The van der Waals surface area contributed by atoms with Crippen molar-refractivity contribution in [1.82, 2.24) is 9.97 Å². The van der Waals surface area contributed by atoms with Gasteiger partial charge in [0.2, 0.25) is 0 Å². The molecule has 2 aromatic carbocycles. The van der Waals surface area contributed by atoms with Crippen LogP contribution in [0.2, 0.25) is 0 Å². The van der Waals surface area contributed by atoms with E-state index < -0.39 is 29.1 Å². The second-order valence-corrected chi connectivity index (χ2v) is 7.78. The Morgan fingerprint density at radius 3 is 2.44 bits per heavy atom. The van der Waals surface area contributed by atoms with Crippen molar-refractivity contribution in [2.45, 2.75) is 25.9 Å². The molecule has 0 fully saturated rings. The minimum absolute atomic E-state index is 0.205. The molecule has 4 rings (SSSR count). The van der Waals surface area contributed by atoms with E-state index in [0.29, 0.717) is 22.8 Å². The molecule has 0 saturated heterocycles. The number of para-hydroxylation sites is 1. The van der Waals surface area contributed by atoms with Gasteiger partial charge in [0, 0.05) is 11.6 Å². The molecule has 0 aliphatic carbocycles. The summed E-state index contributed by atoms with van der Waals surface area (Å²) in [5, 5.41) is 2.90. The van der Waals surface area contributed by atoms with Crippen LogP contribution in [-0.4, -0.2) is 22.0 Å². The highest BCUT2D eigenvalue weighted by Crippen LogP contribution is 2.42. The molecule has 8 heteroatoms. The Morgan fingerprint density at radius 1 is 1.00 bits per heavy atom. The molecule has 32 heavy (non-hydrogen) atoms. The van der Waals surface area contributed by atoms with Crippen molar-refractivity contribution < 1.29 is 14.3 Å². The molecule has 0 saturated carbocycles. The molecule has 0 radical (unpaired) electrons. The Balaban J connectivity index is 1.84. The molecule has 3 aromatic rings. The van der Waals surface area contributed by atoms with E-state index in [1.807, 2.05) is 30.3 Å². The molecule has 164 valence electrons. The normalized spacial score (nSPS) is 17.4. The van der Waals surface area contributed by atoms with Gasteiger partial charge in [-0.1, -0.05) is 36.9 Å². The van der Waals surface area contributed by atoms with Crippen molar-refractivity contribution in [2.75, 3.05) is 5.32 Å². The first kappa shape index (κ1) is 21.2. The summed E-state index contributed by atoms with van der Waals surface area (Å²) in [5.74, 6) is -0.757. The van der Waals surface area contributed by atoms with Gasteiger partial charge in [0.1, 0.15) is 23.2 Å².